The molecule has 1 amide bonds. The minimum absolute atomic E-state index is 0.0242. The lowest BCUT2D eigenvalue weighted by Crippen LogP contribution is -2.48. The number of piperazine rings is 1. The van der Waals surface area contributed by atoms with E-state index in [0.717, 1.165) is 4.21 Å². The molecule has 4 nitrogen and oxygen atoms in total. The molecule has 184 valence electrons. The van der Waals surface area contributed by atoms with Crippen LogP contribution in [-0.2, 0) is 12.4 Å². The molecule has 0 saturated carbocycles. The Morgan fingerprint density at radius 3 is 2.00 bits per heavy atom. The van der Waals surface area contributed by atoms with Gasteiger partial charge in [-0.25, -0.2) is 0 Å². The fourth-order valence-electron chi connectivity index (χ4n) is 3.96. The van der Waals surface area contributed by atoms with Gasteiger partial charge in [0, 0.05) is 48.6 Å². The fourth-order valence-corrected chi connectivity index (χ4v) is 6.94. The number of thiophene rings is 1. The number of Topliss-reactive ketones (excluding diaryl/α,β-unsaturated/α-hetero) is 1. The number of fused-ring (bicyclic) bond motifs is 1. The van der Waals surface area contributed by atoms with Crippen LogP contribution in [0.1, 0.15) is 51.4 Å². The molecule has 0 radical (unpaired) electrons. The summed E-state index contributed by atoms with van der Waals surface area (Å²) in [4.78, 5) is 28.7. The predicted molar refractivity (Wildman–Crippen MR) is 118 cm³/mol. The summed E-state index contributed by atoms with van der Waals surface area (Å²) in [5.74, 6) is -0.325. The lowest BCUT2D eigenvalue weighted by Gasteiger charge is -2.36. The van der Waals surface area contributed by atoms with Crippen molar-refractivity contribution in [2.75, 3.05) is 31.1 Å². The van der Waals surface area contributed by atoms with Crippen LogP contribution in [0.15, 0.2) is 28.5 Å². The lowest BCUT2D eigenvalue weighted by atomic mass is 10.0. The van der Waals surface area contributed by atoms with Gasteiger partial charge in [-0.1, -0.05) is 0 Å². The molecule has 1 fully saturated rings. The number of amides is 1. The monoisotopic (exact) mass is 522 g/mol. The number of rotatable bonds is 2. The van der Waals surface area contributed by atoms with Crippen LogP contribution >= 0.6 is 23.1 Å². The molecule has 34 heavy (non-hydrogen) atoms. The predicted octanol–water partition coefficient (Wildman–Crippen LogP) is 6.21. The molecule has 2 aliphatic heterocycles. The number of carbonyl (C=O) groups is 2. The number of alkyl halides is 6. The number of thioether (sulfide) groups is 1. The van der Waals surface area contributed by atoms with Crippen LogP contribution in [0.25, 0.3) is 0 Å². The van der Waals surface area contributed by atoms with Crippen LogP contribution in [0.3, 0.4) is 0 Å². The number of ketones is 1. The van der Waals surface area contributed by atoms with Crippen molar-refractivity contribution in [2.45, 2.75) is 41.6 Å². The van der Waals surface area contributed by atoms with Crippen LogP contribution in [-0.4, -0.2) is 47.5 Å². The summed E-state index contributed by atoms with van der Waals surface area (Å²) in [6.45, 7) is 4.33. The molecular weight excluding hydrogens is 502 g/mol. The van der Waals surface area contributed by atoms with Crippen molar-refractivity contribution >= 4 is 40.5 Å². The first-order valence-electron chi connectivity index (χ1n) is 10.3. The molecule has 12 heteroatoms. The number of halogens is 6. The van der Waals surface area contributed by atoms with Gasteiger partial charge in [0.2, 0.25) is 0 Å². The standard InChI is InChI=1S/C22H20F6N2O2S2/c1-20(2)11-16(31)15-10-17(33-19(15)34-20)18(32)30-5-3-29(4-6-30)14-8-12(21(23,24)25)7-13(9-14)22(26,27)28/h7-10H,3-6,11H2,1-2H3. The summed E-state index contributed by atoms with van der Waals surface area (Å²) in [5.41, 5.74) is -2.40. The Balaban J connectivity index is 1.50. The number of benzene rings is 1. The summed E-state index contributed by atoms with van der Waals surface area (Å²) in [6, 6.07) is 3.08. The highest BCUT2D eigenvalue weighted by atomic mass is 32.2. The Labute approximate surface area is 199 Å². The van der Waals surface area contributed by atoms with E-state index in [-0.39, 0.29) is 54.4 Å². The molecule has 0 atom stereocenters. The molecule has 0 unspecified atom stereocenters. The number of hydrogen-bond acceptors (Lipinski definition) is 5. The smallest absolute Gasteiger partial charge is 0.368 e. The van der Waals surface area contributed by atoms with E-state index < -0.39 is 23.5 Å². The van der Waals surface area contributed by atoms with E-state index >= 15 is 0 Å². The van der Waals surface area contributed by atoms with Crippen molar-refractivity contribution in [3.05, 3.63) is 45.8 Å². The Morgan fingerprint density at radius 1 is 0.912 bits per heavy atom. The summed E-state index contributed by atoms with van der Waals surface area (Å²) in [6.07, 6.45) is -9.48. The van der Waals surface area contributed by atoms with Crippen molar-refractivity contribution in [3.63, 3.8) is 0 Å². The summed E-state index contributed by atoms with van der Waals surface area (Å²) in [7, 11) is 0. The van der Waals surface area contributed by atoms with Gasteiger partial charge in [0.1, 0.15) is 0 Å². The summed E-state index contributed by atoms with van der Waals surface area (Å²) >= 11 is 2.78. The zero-order chi connectivity index (χ0) is 25.1. The molecule has 2 aliphatic rings. The minimum Gasteiger partial charge on any atom is -0.368 e. The SMILES string of the molecule is CC1(C)CC(=O)c2cc(C(=O)N3CCN(c4cc(C(F)(F)F)cc(C(F)(F)F)c4)CC3)sc2S1. The van der Waals surface area contributed by atoms with Crippen molar-refractivity contribution in [2.24, 2.45) is 0 Å². The van der Waals surface area contributed by atoms with Crippen molar-refractivity contribution in [1.29, 1.82) is 0 Å². The van der Waals surface area contributed by atoms with Gasteiger partial charge in [-0.2, -0.15) is 26.3 Å². The van der Waals surface area contributed by atoms with Crippen LogP contribution < -0.4 is 4.90 Å². The zero-order valence-electron chi connectivity index (χ0n) is 18.1. The molecule has 0 N–H and O–H groups in total. The third-order valence-electron chi connectivity index (χ3n) is 5.67. The second kappa shape index (κ2) is 8.47. The van der Waals surface area contributed by atoms with Crippen LogP contribution in [0, 0.1) is 0 Å². The molecule has 1 aromatic carbocycles. The van der Waals surface area contributed by atoms with Crippen molar-refractivity contribution in [3.8, 4) is 0 Å². The molecule has 4 rings (SSSR count). The number of anilines is 1. The highest BCUT2D eigenvalue weighted by Gasteiger charge is 2.38. The van der Waals surface area contributed by atoms with E-state index in [1.54, 1.807) is 17.8 Å². The van der Waals surface area contributed by atoms with Gasteiger partial charge in [0.15, 0.2) is 5.78 Å². The zero-order valence-corrected chi connectivity index (χ0v) is 19.8. The quantitative estimate of drug-likeness (QED) is 0.440. The van der Waals surface area contributed by atoms with Crippen LogP contribution in [0.5, 0.6) is 0 Å². The first kappa shape index (κ1) is 24.9. The third-order valence-corrected chi connectivity index (χ3v) is 8.19. The first-order chi connectivity index (χ1) is 15.6. The molecule has 1 saturated heterocycles. The number of hydrogen-bond donors (Lipinski definition) is 0. The second-order valence-corrected chi connectivity index (χ2v) is 11.8. The number of carbonyl (C=O) groups excluding carboxylic acids is 2. The van der Waals surface area contributed by atoms with E-state index in [0.29, 0.717) is 29.0 Å². The molecule has 0 spiro atoms. The van der Waals surface area contributed by atoms with E-state index in [9.17, 15) is 35.9 Å². The minimum atomic E-state index is -4.92. The molecule has 3 heterocycles. The maximum atomic E-state index is 13.2. The average molecular weight is 523 g/mol. The van der Waals surface area contributed by atoms with E-state index in [1.165, 1.54) is 21.1 Å². The van der Waals surface area contributed by atoms with Gasteiger partial charge in [-0.15, -0.1) is 23.1 Å². The van der Waals surface area contributed by atoms with E-state index in [2.05, 4.69) is 0 Å². The van der Waals surface area contributed by atoms with Crippen LogP contribution in [0.4, 0.5) is 32.0 Å². The van der Waals surface area contributed by atoms with Gasteiger partial charge in [-0.3, -0.25) is 9.59 Å². The van der Waals surface area contributed by atoms with Crippen LogP contribution in [0.2, 0.25) is 0 Å². The number of nitrogens with zero attached hydrogens (tertiary/aromatic N) is 2. The molecule has 0 aliphatic carbocycles. The summed E-state index contributed by atoms with van der Waals surface area (Å²) < 4.78 is 79.5. The Hall–Kier alpha value is -2.21. The maximum Gasteiger partial charge on any atom is 0.416 e. The Morgan fingerprint density at radius 2 is 1.47 bits per heavy atom. The van der Waals surface area contributed by atoms with Gasteiger partial charge in [-0.05, 0) is 38.1 Å². The van der Waals surface area contributed by atoms with Gasteiger partial charge in [0.05, 0.1) is 20.2 Å². The summed E-state index contributed by atoms with van der Waals surface area (Å²) in [5, 5.41) is 0. The molecule has 2 aromatic rings. The largest absolute Gasteiger partial charge is 0.416 e. The normalized spacial score (nSPS) is 18.8. The molecule has 0 bridgehead atoms. The second-order valence-electron chi connectivity index (χ2n) is 8.82. The van der Waals surface area contributed by atoms with E-state index in [4.69, 9.17) is 0 Å². The Kier molecular flexibility index (Phi) is 6.20. The fraction of sp³-hybridized carbons (Fsp3) is 0.455. The average Bonchev–Trinajstić information content (AvgIpc) is 3.15. The molecule has 1 aromatic heterocycles. The highest BCUT2D eigenvalue weighted by molar-refractivity contribution is 8.02. The van der Waals surface area contributed by atoms with Crippen molar-refractivity contribution in [1.82, 2.24) is 4.90 Å². The first-order valence-corrected chi connectivity index (χ1v) is 12.0. The third kappa shape index (κ3) is 5.07. The molecular formula is C22H20F6N2O2S2. The maximum absolute atomic E-state index is 13.2. The van der Waals surface area contributed by atoms with E-state index in [1.807, 2.05) is 13.8 Å². The van der Waals surface area contributed by atoms with Gasteiger partial charge >= 0.3 is 12.4 Å². The topological polar surface area (TPSA) is 40.6 Å². The highest BCUT2D eigenvalue weighted by Crippen LogP contribution is 2.47. The van der Waals surface area contributed by atoms with Crippen molar-refractivity contribution < 1.29 is 35.9 Å². The van der Waals surface area contributed by atoms with Gasteiger partial charge < -0.3 is 9.80 Å². The van der Waals surface area contributed by atoms with Gasteiger partial charge in [0.25, 0.3) is 5.91 Å². The lowest BCUT2D eigenvalue weighted by molar-refractivity contribution is -0.143. The Bertz CT molecular complexity index is 1100.